The van der Waals surface area contributed by atoms with Crippen molar-refractivity contribution in [2.75, 3.05) is 41.3 Å². The summed E-state index contributed by atoms with van der Waals surface area (Å²) in [6.45, 7) is 17.5. The van der Waals surface area contributed by atoms with Gasteiger partial charge in [-0.25, -0.2) is 0 Å². The lowest BCUT2D eigenvalue weighted by atomic mass is 9.69. The molecule has 0 spiro atoms. The van der Waals surface area contributed by atoms with Gasteiger partial charge in [0.2, 0.25) is 0 Å². The highest BCUT2D eigenvalue weighted by Crippen LogP contribution is 2.49. The summed E-state index contributed by atoms with van der Waals surface area (Å²) in [7, 11) is 6.99. The van der Waals surface area contributed by atoms with Crippen molar-refractivity contribution in [2.45, 2.75) is 265 Å². The Hall–Kier alpha value is -3.46. The molecular formula is C77H121BCl2N2O3. The molecule has 8 heteroatoms. The molecule has 0 N–H and O–H groups in total. The number of halogens is 2. The molecule has 0 radical (unpaired) electrons. The first-order chi connectivity index (χ1) is 41.0. The Kier molecular flexibility index (Phi) is 40.0. The Balaban J connectivity index is 0.000000338. The summed E-state index contributed by atoms with van der Waals surface area (Å²) in [5.74, 6) is -0.331. The Bertz CT molecular complexity index is 2330. The van der Waals surface area contributed by atoms with Crippen LogP contribution in [0, 0.1) is 20.8 Å². The number of benzene rings is 5. The molecule has 5 aromatic carbocycles. The molecule has 0 saturated heterocycles. The molecule has 0 amide bonds. The molecule has 0 heterocycles. The summed E-state index contributed by atoms with van der Waals surface area (Å²) < 4.78 is 8.14. The van der Waals surface area contributed by atoms with Gasteiger partial charge in [0, 0.05) is 27.1 Å². The Morgan fingerprint density at radius 2 is 0.753 bits per heavy atom. The van der Waals surface area contributed by atoms with Gasteiger partial charge in [-0.15, -0.1) is 0 Å². The van der Waals surface area contributed by atoms with Crippen LogP contribution in [0.2, 0.25) is 10.0 Å². The molecule has 0 aliphatic heterocycles. The van der Waals surface area contributed by atoms with Gasteiger partial charge in [0.05, 0.1) is 48.6 Å². The van der Waals surface area contributed by atoms with Crippen LogP contribution in [0.25, 0.3) is 0 Å². The summed E-state index contributed by atoms with van der Waals surface area (Å²) in [4.78, 5) is 0. The van der Waals surface area contributed by atoms with Gasteiger partial charge in [-0.1, -0.05) is 326 Å². The van der Waals surface area contributed by atoms with Crippen LogP contribution >= 0.6 is 23.2 Å². The quantitative estimate of drug-likeness (QED) is 0.0222. The maximum atomic E-state index is 12.2. The van der Waals surface area contributed by atoms with E-state index in [2.05, 4.69) is 110 Å². The molecule has 2 atom stereocenters. The van der Waals surface area contributed by atoms with E-state index in [0.29, 0.717) is 22.0 Å². The highest BCUT2D eigenvalue weighted by molar-refractivity contribution is 6.31. The van der Waals surface area contributed by atoms with Crippen LogP contribution in [0.3, 0.4) is 0 Å². The van der Waals surface area contributed by atoms with Crippen molar-refractivity contribution >= 4 is 30.5 Å². The second-order valence-corrected chi connectivity index (χ2v) is 27.3. The van der Waals surface area contributed by atoms with Gasteiger partial charge < -0.3 is 23.7 Å². The minimum absolute atomic E-state index is 0.331. The van der Waals surface area contributed by atoms with E-state index >= 15 is 0 Å². The largest absolute Gasteiger partial charge is 0.871 e. The van der Waals surface area contributed by atoms with Crippen LogP contribution in [0.1, 0.15) is 270 Å². The Morgan fingerprint density at radius 1 is 0.412 bits per heavy atom. The molecule has 5 rings (SSSR count). The third-order valence-corrected chi connectivity index (χ3v) is 18.3. The smallest absolute Gasteiger partial charge is 0.106 e. The van der Waals surface area contributed by atoms with Crippen molar-refractivity contribution in [3.63, 3.8) is 0 Å². The van der Waals surface area contributed by atoms with Gasteiger partial charge in [-0.05, 0) is 92.8 Å². The molecule has 0 aromatic heterocycles. The van der Waals surface area contributed by atoms with E-state index in [1.165, 1.54) is 204 Å². The molecule has 0 aliphatic carbocycles. The summed E-state index contributed by atoms with van der Waals surface area (Å²) in [5.41, 5.74) is 6.86. The zero-order valence-corrected chi connectivity index (χ0v) is 57.3. The fourth-order valence-electron chi connectivity index (χ4n) is 12.2. The van der Waals surface area contributed by atoms with Crippen molar-refractivity contribution in [1.29, 1.82) is 0 Å². The molecule has 85 heavy (non-hydrogen) atoms. The number of quaternary nitrogens is 2. The van der Waals surface area contributed by atoms with Gasteiger partial charge in [0.1, 0.15) is 18.7 Å². The van der Waals surface area contributed by atoms with E-state index in [1.807, 2.05) is 81.4 Å². The molecule has 5 aromatic rings. The van der Waals surface area contributed by atoms with Gasteiger partial charge in [0.25, 0.3) is 0 Å². The zero-order valence-electron chi connectivity index (χ0n) is 55.8. The normalized spacial score (nSPS) is 12.7. The van der Waals surface area contributed by atoms with Gasteiger partial charge in [-0.3, -0.25) is 0 Å². The SMILES string of the molecule is CCCCC(c1ccc(C)c(Cl)c1)C(OB([O-])[O-])(c1ccc(C)cc1)c1ccc(C)c(Cl)c1.CCCCCCCCCCCCCCCC[N+](C)(C)Cc1ccccc1.CCCCCCCCCCCCCCCC[N+](C)(C)Cc1ccccc1. The first kappa shape index (κ1) is 75.8. The average Bonchev–Trinajstić information content (AvgIpc) is 1.00. The summed E-state index contributed by atoms with van der Waals surface area (Å²) in [6.07, 6.45) is 42.9. The van der Waals surface area contributed by atoms with Crippen molar-refractivity contribution in [1.82, 2.24) is 0 Å². The fourth-order valence-corrected chi connectivity index (χ4v) is 12.6. The van der Waals surface area contributed by atoms with Crippen LogP contribution in [-0.2, 0) is 23.3 Å². The Labute approximate surface area is 533 Å². The highest BCUT2D eigenvalue weighted by atomic mass is 35.5. The molecule has 0 saturated carbocycles. The number of nitrogens with zero attached hydrogens (tertiary/aromatic N) is 2. The second kappa shape index (κ2) is 44.9. The minimum Gasteiger partial charge on any atom is -0.871 e. The lowest BCUT2D eigenvalue weighted by Gasteiger charge is -2.49. The van der Waals surface area contributed by atoms with Crippen LogP contribution in [-0.4, -0.2) is 57.6 Å². The zero-order chi connectivity index (χ0) is 62.0. The number of hydrogen-bond donors (Lipinski definition) is 0. The van der Waals surface area contributed by atoms with Crippen molar-refractivity contribution in [3.05, 3.63) is 176 Å². The van der Waals surface area contributed by atoms with Gasteiger partial charge >= 0.3 is 0 Å². The number of rotatable bonds is 43. The third kappa shape index (κ3) is 32.6. The van der Waals surface area contributed by atoms with E-state index in [4.69, 9.17) is 27.9 Å². The fraction of sp³-hybridized carbons (Fsp3) is 0.610. The number of hydrogen-bond acceptors (Lipinski definition) is 3. The topological polar surface area (TPSA) is 55.3 Å². The predicted molar refractivity (Wildman–Crippen MR) is 368 cm³/mol. The van der Waals surface area contributed by atoms with Crippen LogP contribution in [0.5, 0.6) is 0 Å². The van der Waals surface area contributed by atoms with Crippen molar-refractivity contribution in [2.24, 2.45) is 0 Å². The lowest BCUT2D eigenvalue weighted by molar-refractivity contribution is -0.903. The molecule has 474 valence electrons. The summed E-state index contributed by atoms with van der Waals surface area (Å²) >= 11 is 13.1. The standard InChI is InChI=1S/C27H29BCl2O3.2C25H46N/c1-5-6-7-24(21-12-10-19(3)25(29)16-21)27(33-28(31)32,22-13-8-18(2)9-14-22)23-15-11-20(4)26(30)17-23;2*1-4-5-6-7-8-9-10-11-12-13-14-15-16-20-23-26(2,3)24-25-21-18-17-19-22-25/h8-17,24H,5-7H2,1-4H3;2*17-19,21-22H,4-16,20,23-24H2,1-3H3/q-2;2*+1. The summed E-state index contributed by atoms with van der Waals surface area (Å²) in [5, 5.41) is 25.6. The lowest BCUT2D eigenvalue weighted by Crippen LogP contribution is -2.55. The molecule has 2 unspecified atom stereocenters. The Morgan fingerprint density at radius 3 is 1.11 bits per heavy atom. The van der Waals surface area contributed by atoms with Crippen molar-refractivity contribution in [3.8, 4) is 0 Å². The molecule has 0 aliphatic rings. The average molecular weight is 1200 g/mol. The molecule has 0 fully saturated rings. The molecule has 5 nitrogen and oxygen atoms in total. The van der Waals surface area contributed by atoms with E-state index in [1.54, 1.807) is 0 Å². The van der Waals surface area contributed by atoms with Crippen molar-refractivity contribution < 1.29 is 23.7 Å². The van der Waals surface area contributed by atoms with E-state index < -0.39 is 12.9 Å². The van der Waals surface area contributed by atoms with Gasteiger partial charge in [0.15, 0.2) is 0 Å². The maximum Gasteiger partial charge on any atom is 0.106 e. The number of unbranched alkanes of at least 4 members (excludes halogenated alkanes) is 27. The van der Waals surface area contributed by atoms with E-state index in [0.717, 1.165) is 62.7 Å². The van der Waals surface area contributed by atoms with Gasteiger partial charge in [-0.2, -0.15) is 0 Å². The van der Waals surface area contributed by atoms with Crippen LogP contribution in [0.4, 0.5) is 0 Å². The van der Waals surface area contributed by atoms with E-state index in [-0.39, 0.29) is 5.92 Å². The van der Waals surface area contributed by atoms with Crippen LogP contribution < -0.4 is 10.0 Å². The predicted octanol–water partition coefficient (Wildman–Crippen LogP) is 21.3. The highest BCUT2D eigenvalue weighted by Gasteiger charge is 2.43. The number of aryl methyl sites for hydroxylation is 3. The van der Waals surface area contributed by atoms with E-state index in [9.17, 15) is 10.0 Å². The van der Waals surface area contributed by atoms with Crippen LogP contribution in [0.15, 0.2) is 121 Å². The summed E-state index contributed by atoms with van der Waals surface area (Å²) in [6, 6.07) is 41.1. The first-order valence-electron chi connectivity index (χ1n) is 34.3. The second-order valence-electron chi connectivity index (χ2n) is 26.5. The monoisotopic (exact) mass is 1200 g/mol. The minimum atomic E-state index is -2.49. The molecular weight excluding hydrogens is 1080 g/mol. The third-order valence-electron chi connectivity index (χ3n) is 17.4. The maximum absolute atomic E-state index is 12.2. The first-order valence-corrected chi connectivity index (χ1v) is 35.0. The molecule has 0 bridgehead atoms.